The van der Waals surface area contributed by atoms with Gasteiger partial charge in [0.25, 0.3) is 0 Å². The number of nitrogens with zero attached hydrogens (tertiary/aromatic N) is 3. The van der Waals surface area contributed by atoms with Crippen molar-refractivity contribution in [3.05, 3.63) is 101 Å². The lowest BCUT2D eigenvalue weighted by Gasteiger charge is -2.33. The molecule has 5 rings (SSSR count). The number of aryl methyl sites for hydroxylation is 2. The van der Waals surface area contributed by atoms with Crippen LogP contribution in [-0.4, -0.2) is 59.0 Å². The van der Waals surface area contributed by atoms with Gasteiger partial charge in [-0.2, -0.15) is 0 Å². The number of amides is 4. The lowest BCUT2D eigenvalue weighted by atomic mass is 9.92. The van der Waals surface area contributed by atoms with Crippen LogP contribution >= 0.6 is 0 Å². The lowest BCUT2D eigenvalue weighted by Crippen LogP contribution is -2.59. The first-order chi connectivity index (χ1) is 19.2. The molecular weight excluding hydrogens is 504 g/mol. The summed E-state index contributed by atoms with van der Waals surface area (Å²) in [7, 11) is 2.78. The zero-order chi connectivity index (χ0) is 28.4. The first kappa shape index (κ1) is 26.9. The maximum atomic E-state index is 13.2. The van der Waals surface area contributed by atoms with E-state index in [1.807, 2.05) is 86.6 Å². The zero-order valence-electron chi connectivity index (χ0n) is 23.1. The SMILES string of the molecule is Cc1ccc(C(=NCCc2c(C)[nH]c3ccc(OCc4ccccc4)cc23)C2C(=O)N(C)C(=O)N(C)C2=O)cc1. The van der Waals surface area contributed by atoms with Crippen LogP contribution in [0.25, 0.3) is 10.9 Å². The Kier molecular flexibility index (Phi) is 7.51. The number of aromatic nitrogens is 1. The van der Waals surface area contributed by atoms with E-state index in [9.17, 15) is 14.4 Å². The van der Waals surface area contributed by atoms with E-state index in [4.69, 9.17) is 9.73 Å². The van der Waals surface area contributed by atoms with Crippen LogP contribution < -0.4 is 4.74 Å². The minimum atomic E-state index is -1.18. The van der Waals surface area contributed by atoms with E-state index in [2.05, 4.69) is 4.98 Å². The number of carbonyl (C=O) groups excluding carboxylic acids is 3. The highest BCUT2D eigenvalue weighted by molar-refractivity contribution is 6.30. The molecule has 1 aliphatic heterocycles. The summed E-state index contributed by atoms with van der Waals surface area (Å²) in [5, 5.41) is 1.05. The molecule has 1 saturated heterocycles. The molecule has 40 heavy (non-hydrogen) atoms. The molecule has 1 N–H and O–H groups in total. The molecule has 204 valence electrons. The number of fused-ring (bicyclic) bond motifs is 1. The molecular formula is C32H32N4O4. The molecule has 8 nitrogen and oxygen atoms in total. The molecule has 0 saturated carbocycles. The van der Waals surface area contributed by atoms with Crippen LogP contribution in [-0.2, 0) is 22.6 Å². The van der Waals surface area contributed by atoms with E-state index >= 15 is 0 Å². The highest BCUT2D eigenvalue weighted by atomic mass is 16.5. The summed E-state index contributed by atoms with van der Waals surface area (Å²) >= 11 is 0. The van der Waals surface area contributed by atoms with Gasteiger partial charge in [0, 0.05) is 37.2 Å². The number of hydrogen-bond acceptors (Lipinski definition) is 5. The van der Waals surface area contributed by atoms with Crippen LogP contribution in [0.3, 0.4) is 0 Å². The van der Waals surface area contributed by atoms with Gasteiger partial charge >= 0.3 is 6.03 Å². The number of H-pyrrole nitrogens is 1. The number of imide groups is 2. The van der Waals surface area contributed by atoms with Gasteiger partial charge in [-0.05, 0) is 55.2 Å². The van der Waals surface area contributed by atoms with E-state index in [1.54, 1.807) is 0 Å². The second-order valence-corrected chi connectivity index (χ2v) is 10.1. The Morgan fingerprint density at radius 3 is 2.25 bits per heavy atom. The van der Waals surface area contributed by atoms with Crippen molar-refractivity contribution in [2.75, 3.05) is 20.6 Å². The molecule has 4 amide bonds. The fraction of sp³-hybridized carbons (Fsp3) is 0.250. The predicted molar refractivity (Wildman–Crippen MR) is 155 cm³/mol. The topological polar surface area (TPSA) is 95.1 Å². The monoisotopic (exact) mass is 536 g/mol. The number of urea groups is 1. The number of nitrogens with one attached hydrogen (secondary N) is 1. The largest absolute Gasteiger partial charge is 0.489 e. The van der Waals surface area contributed by atoms with Crippen LogP contribution in [0.5, 0.6) is 5.75 Å². The fourth-order valence-corrected chi connectivity index (χ4v) is 5.02. The molecule has 8 heteroatoms. The second-order valence-electron chi connectivity index (χ2n) is 10.1. The molecule has 0 atom stereocenters. The van der Waals surface area contributed by atoms with Gasteiger partial charge in [0.2, 0.25) is 11.8 Å². The number of rotatable bonds is 8. The Bertz CT molecular complexity index is 1580. The average molecular weight is 537 g/mol. The molecule has 4 aromatic rings. The highest BCUT2D eigenvalue weighted by Crippen LogP contribution is 2.28. The lowest BCUT2D eigenvalue weighted by molar-refractivity contribution is -0.144. The number of aliphatic imine (C=N–C) groups is 1. The smallest absolute Gasteiger partial charge is 0.332 e. The molecule has 0 spiro atoms. The van der Waals surface area contributed by atoms with Crippen LogP contribution in [0.15, 0.2) is 77.8 Å². The van der Waals surface area contributed by atoms with E-state index < -0.39 is 23.8 Å². The third-order valence-corrected chi connectivity index (χ3v) is 7.33. The molecule has 3 aromatic carbocycles. The molecule has 0 bridgehead atoms. The Balaban J connectivity index is 1.43. The van der Waals surface area contributed by atoms with Gasteiger partial charge in [-0.1, -0.05) is 60.2 Å². The zero-order valence-corrected chi connectivity index (χ0v) is 23.1. The van der Waals surface area contributed by atoms with Gasteiger partial charge < -0.3 is 9.72 Å². The minimum Gasteiger partial charge on any atom is -0.489 e. The van der Waals surface area contributed by atoms with E-state index in [0.29, 0.717) is 30.8 Å². The Hall–Kier alpha value is -4.72. The van der Waals surface area contributed by atoms with Crippen molar-refractivity contribution in [1.29, 1.82) is 0 Å². The Morgan fingerprint density at radius 1 is 0.900 bits per heavy atom. The summed E-state index contributed by atoms with van der Waals surface area (Å²) in [5.74, 6) is -1.56. The molecule has 0 unspecified atom stereocenters. The van der Waals surface area contributed by atoms with Crippen LogP contribution in [0.1, 0.15) is 27.9 Å². The van der Waals surface area contributed by atoms with E-state index in [-0.39, 0.29) is 0 Å². The summed E-state index contributed by atoms with van der Waals surface area (Å²) in [6, 6.07) is 22.9. The van der Waals surface area contributed by atoms with Crippen LogP contribution in [0.2, 0.25) is 0 Å². The van der Waals surface area contributed by atoms with Gasteiger partial charge in [-0.3, -0.25) is 24.4 Å². The number of benzene rings is 3. The Morgan fingerprint density at radius 2 is 1.57 bits per heavy atom. The molecule has 0 radical (unpaired) electrons. The molecule has 1 fully saturated rings. The van der Waals surface area contributed by atoms with Crippen molar-refractivity contribution in [2.45, 2.75) is 26.9 Å². The van der Waals surface area contributed by atoms with Gasteiger partial charge in [-0.15, -0.1) is 0 Å². The highest BCUT2D eigenvalue weighted by Gasteiger charge is 2.45. The predicted octanol–water partition coefficient (Wildman–Crippen LogP) is 5.06. The van der Waals surface area contributed by atoms with Gasteiger partial charge in [-0.25, -0.2) is 4.79 Å². The normalized spacial score (nSPS) is 14.9. The number of ether oxygens (including phenoxy) is 1. The number of barbiturate groups is 1. The first-order valence-electron chi connectivity index (χ1n) is 13.2. The third-order valence-electron chi connectivity index (χ3n) is 7.33. The van der Waals surface area contributed by atoms with E-state index in [1.165, 1.54) is 14.1 Å². The molecule has 0 aliphatic carbocycles. The summed E-state index contributed by atoms with van der Waals surface area (Å²) in [4.78, 5) is 48.9. The van der Waals surface area contributed by atoms with Crippen molar-refractivity contribution in [1.82, 2.24) is 14.8 Å². The quantitative estimate of drug-likeness (QED) is 0.252. The summed E-state index contributed by atoms with van der Waals surface area (Å²) in [5.41, 5.74) is 6.31. The molecule has 2 heterocycles. The standard InChI is InChI=1S/C32H32N4O4/c1-20-10-12-23(13-11-20)29(28-30(37)35(3)32(39)36(4)31(28)38)33-17-16-25-21(2)34-27-15-14-24(18-26(25)27)40-19-22-8-6-5-7-9-22/h5-15,18,28,34H,16-17,19H2,1-4H3. The first-order valence-corrected chi connectivity index (χ1v) is 13.2. The number of aromatic amines is 1. The van der Waals surface area contributed by atoms with Crippen LogP contribution in [0, 0.1) is 19.8 Å². The molecule has 1 aromatic heterocycles. The summed E-state index contributed by atoms with van der Waals surface area (Å²) in [6.45, 7) is 4.82. The van der Waals surface area contributed by atoms with Crippen molar-refractivity contribution >= 4 is 34.5 Å². The number of carbonyl (C=O) groups is 3. The minimum absolute atomic E-state index is 0.352. The fourth-order valence-electron chi connectivity index (χ4n) is 5.02. The van der Waals surface area contributed by atoms with Crippen molar-refractivity contribution in [3.8, 4) is 5.75 Å². The number of hydrogen-bond donors (Lipinski definition) is 1. The maximum absolute atomic E-state index is 13.2. The maximum Gasteiger partial charge on any atom is 0.332 e. The molecule has 1 aliphatic rings. The van der Waals surface area contributed by atoms with Crippen molar-refractivity contribution < 1.29 is 19.1 Å². The van der Waals surface area contributed by atoms with Crippen molar-refractivity contribution in [2.24, 2.45) is 10.9 Å². The average Bonchev–Trinajstić information content (AvgIpc) is 3.28. The van der Waals surface area contributed by atoms with Crippen LogP contribution in [0.4, 0.5) is 4.79 Å². The van der Waals surface area contributed by atoms with Gasteiger partial charge in [0.15, 0.2) is 5.92 Å². The summed E-state index contributed by atoms with van der Waals surface area (Å²) < 4.78 is 6.05. The van der Waals surface area contributed by atoms with Gasteiger partial charge in [0.05, 0.1) is 5.71 Å². The third kappa shape index (κ3) is 5.25. The van der Waals surface area contributed by atoms with Gasteiger partial charge in [0.1, 0.15) is 12.4 Å². The summed E-state index contributed by atoms with van der Waals surface area (Å²) in [6.07, 6.45) is 0.586. The Labute approximate surface area is 233 Å². The van der Waals surface area contributed by atoms with E-state index in [0.717, 1.165) is 48.8 Å². The second kappa shape index (κ2) is 11.2. The van der Waals surface area contributed by atoms with Crippen molar-refractivity contribution in [3.63, 3.8) is 0 Å².